The molecule has 184 valence electrons. The molecule has 2 aromatic carbocycles. The summed E-state index contributed by atoms with van der Waals surface area (Å²) in [6, 6.07) is 10.1. The highest BCUT2D eigenvalue weighted by molar-refractivity contribution is 6.35. The van der Waals surface area contributed by atoms with E-state index >= 15 is 0 Å². The summed E-state index contributed by atoms with van der Waals surface area (Å²) in [5.41, 5.74) is 1.17. The molecule has 1 heterocycles. The molecule has 0 aromatic heterocycles. The maximum atomic E-state index is 13.4. The molecule has 11 heteroatoms. The summed E-state index contributed by atoms with van der Waals surface area (Å²) in [4.78, 5) is 52.5. The van der Waals surface area contributed by atoms with Crippen molar-refractivity contribution in [3.63, 3.8) is 0 Å². The molecular formula is C24H24Cl2N4O5. The molecule has 0 radical (unpaired) electrons. The van der Waals surface area contributed by atoms with E-state index in [1.165, 1.54) is 12.1 Å². The van der Waals surface area contributed by atoms with Gasteiger partial charge in [0.05, 0.1) is 10.8 Å². The minimum absolute atomic E-state index is 0.0691. The number of non-ortho nitro benzene ring substituents is 1. The number of hydrogen-bond donors (Lipinski definition) is 1. The molecule has 0 spiro atoms. The van der Waals surface area contributed by atoms with Crippen molar-refractivity contribution in [2.24, 2.45) is 5.92 Å². The fraction of sp³-hybridized carbons (Fsp3) is 0.375. The van der Waals surface area contributed by atoms with Crippen molar-refractivity contribution in [1.29, 1.82) is 0 Å². The molecule has 2 aromatic rings. The number of urea groups is 1. The Morgan fingerprint density at radius 3 is 2.63 bits per heavy atom. The summed E-state index contributed by atoms with van der Waals surface area (Å²) >= 11 is 12.1. The standard InChI is InChI=1S/C24H24Cl2N4O5/c25-17-9-8-16(20(26)11-17)12-27-22(31)14-29-23(32)19-6-1-2-7-21(19)28(24(29)33)13-15-4-3-5-18(10-15)30(34)35/h3-5,8-11,19,21H,1-2,6-7,12-14H2,(H,27,31). The van der Waals surface area contributed by atoms with Crippen LogP contribution in [0.15, 0.2) is 42.5 Å². The normalized spacial score (nSPS) is 19.9. The molecule has 0 bridgehead atoms. The van der Waals surface area contributed by atoms with Crippen LogP contribution in [-0.4, -0.2) is 45.2 Å². The van der Waals surface area contributed by atoms with Crippen molar-refractivity contribution >= 4 is 46.7 Å². The van der Waals surface area contributed by atoms with E-state index in [0.717, 1.165) is 17.7 Å². The van der Waals surface area contributed by atoms with Crippen LogP contribution in [0.4, 0.5) is 10.5 Å². The number of halogens is 2. The van der Waals surface area contributed by atoms with E-state index in [4.69, 9.17) is 23.2 Å². The quantitative estimate of drug-likeness (QED) is 0.426. The maximum absolute atomic E-state index is 13.4. The Kier molecular flexibility index (Phi) is 7.57. The molecule has 1 aliphatic carbocycles. The minimum atomic E-state index is -0.565. The molecule has 1 aliphatic heterocycles. The number of imide groups is 1. The average molecular weight is 519 g/mol. The number of nitro groups is 1. The van der Waals surface area contributed by atoms with Crippen LogP contribution in [0.25, 0.3) is 0 Å². The number of carbonyl (C=O) groups is 3. The van der Waals surface area contributed by atoms with Gasteiger partial charge in [-0.25, -0.2) is 4.79 Å². The lowest BCUT2D eigenvalue weighted by atomic mass is 9.81. The van der Waals surface area contributed by atoms with Crippen molar-refractivity contribution in [2.75, 3.05) is 6.54 Å². The van der Waals surface area contributed by atoms with Gasteiger partial charge < -0.3 is 10.2 Å². The second-order valence-electron chi connectivity index (χ2n) is 8.73. The zero-order valence-electron chi connectivity index (χ0n) is 18.8. The Balaban J connectivity index is 1.50. The fourth-order valence-corrected chi connectivity index (χ4v) is 5.19. The summed E-state index contributed by atoms with van der Waals surface area (Å²) < 4.78 is 0. The van der Waals surface area contributed by atoms with E-state index in [-0.39, 0.29) is 30.7 Å². The highest BCUT2D eigenvalue weighted by Gasteiger charge is 2.47. The van der Waals surface area contributed by atoms with Gasteiger partial charge in [-0.1, -0.05) is 54.2 Å². The first-order valence-corrected chi connectivity index (χ1v) is 12.1. The van der Waals surface area contributed by atoms with Gasteiger partial charge in [0.25, 0.3) is 5.69 Å². The van der Waals surface area contributed by atoms with Crippen molar-refractivity contribution in [3.05, 3.63) is 73.8 Å². The molecular weight excluding hydrogens is 495 g/mol. The highest BCUT2D eigenvalue weighted by Crippen LogP contribution is 2.35. The van der Waals surface area contributed by atoms with Gasteiger partial charge in [-0.05, 0) is 36.1 Å². The summed E-state index contributed by atoms with van der Waals surface area (Å²) in [5, 5.41) is 14.7. The second kappa shape index (κ2) is 10.6. The number of amides is 4. The molecule has 2 aliphatic rings. The van der Waals surface area contributed by atoms with Crippen LogP contribution in [0.2, 0.25) is 10.0 Å². The van der Waals surface area contributed by atoms with Gasteiger partial charge >= 0.3 is 6.03 Å². The summed E-state index contributed by atoms with van der Waals surface area (Å²) in [7, 11) is 0. The van der Waals surface area contributed by atoms with E-state index in [0.29, 0.717) is 34.0 Å². The highest BCUT2D eigenvalue weighted by atomic mass is 35.5. The van der Waals surface area contributed by atoms with Gasteiger partial charge in [0.1, 0.15) is 6.54 Å². The van der Waals surface area contributed by atoms with Crippen LogP contribution in [0.3, 0.4) is 0 Å². The Bertz CT molecular complexity index is 1170. The molecule has 2 unspecified atom stereocenters. The number of fused-ring (bicyclic) bond motifs is 1. The van der Waals surface area contributed by atoms with E-state index in [9.17, 15) is 24.5 Å². The number of hydrogen-bond acceptors (Lipinski definition) is 5. The van der Waals surface area contributed by atoms with Gasteiger partial charge in [-0.3, -0.25) is 24.6 Å². The first kappa shape index (κ1) is 24.9. The van der Waals surface area contributed by atoms with Gasteiger partial charge in [0, 0.05) is 41.3 Å². The molecule has 2 fully saturated rings. The summed E-state index contributed by atoms with van der Waals surface area (Å²) in [5.74, 6) is -1.25. The van der Waals surface area contributed by atoms with Crippen LogP contribution in [-0.2, 0) is 22.7 Å². The lowest BCUT2D eigenvalue weighted by molar-refractivity contribution is -0.384. The number of nitro benzene ring substituents is 1. The summed E-state index contributed by atoms with van der Waals surface area (Å²) in [6.45, 7) is -0.181. The smallest absolute Gasteiger partial charge is 0.327 e. The molecule has 1 saturated heterocycles. The molecule has 9 nitrogen and oxygen atoms in total. The fourth-order valence-electron chi connectivity index (χ4n) is 4.72. The van der Waals surface area contributed by atoms with Gasteiger partial charge in [-0.15, -0.1) is 0 Å². The monoisotopic (exact) mass is 518 g/mol. The van der Waals surface area contributed by atoms with Crippen LogP contribution < -0.4 is 5.32 Å². The zero-order chi connectivity index (χ0) is 25.1. The number of nitrogens with zero attached hydrogens (tertiary/aromatic N) is 3. The first-order valence-electron chi connectivity index (χ1n) is 11.3. The first-order chi connectivity index (χ1) is 16.7. The van der Waals surface area contributed by atoms with Crippen molar-refractivity contribution in [1.82, 2.24) is 15.1 Å². The minimum Gasteiger partial charge on any atom is -0.350 e. The average Bonchev–Trinajstić information content (AvgIpc) is 2.84. The SMILES string of the molecule is O=C(CN1C(=O)C2CCCCC2N(Cc2cccc([N+](=O)[O-])c2)C1=O)NCc1ccc(Cl)cc1Cl. The molecule has 35 heavy (non-hydrogen) atoms. The topological polar surface area (TPSA) is 113 Å². The van der Waals surface area contributed by atoms with E-state index in [1.54, 1.807) is 35.2 Å². The lowest BCUT2D eigenvalue weighted by Crippen LogP contribution is -2.63. The molecule has 2 atom stereocenters. The van der Waals surface area contributed by atoms with Crippen LogP contribution in [0.5, 0.6) is 0 Å². The Morgan fingerprint density at radius 1 is 1.11 bits per heavy atom. The van der Waals surface area contributed by atoms with Gasteiger partial charge in [-0.2, -0.15) is 0 Å². The Labute approximate surface area is 212 Å². The maximum Gasteiger partial charge on any atom is 0.327 e. The van der Waals surface area contributed by atoms with Crippen molar-refractivity contribution < 1.29 is 19.3 Å². The van der Waals surface area contributed by atoms with Gasteiger partial charge in [0.2, 0.25) is 11.8 Å². The van der Waals surface area contributed by atoms with Crippen LogP contribution in [0, 0.1) is 16.0 Å². The third-order valence-corrected chi connectivity index (χ3v) is 7.04. The Morgan fingerprint density at radius 2 is 1.89 bits per heavy atom. The lowest BCUT2D eigenvalue weighted by Gasteiger charge is -2.46. The Hall–Kier alpha value is -3.17. The number of benzene rings is 2. The zero-order valence-corrected chi connectivity index (χ0v) is 20.3. The van der Waals surface area contributed by atoms with Gasteiger partial charge in [0.15, 0.2) is 0 Å². The third kappa shape index (κ3) is 5.57. The largest absolute Gasteiger partial charge is 0.350 e. The van der Waals surface area contributed by atoms with Crippen LogP contribution in [0.1, 0.15) is 36.8 Å². The number of nitrogens with one attached hydrogen (secondary N) is 1. The molecule has 1 N–H and O–H groups in total. The van der Waals surface area contributed by atoms with E-state index < -0.39 is 29.3 Å². The molecule has 1 saturated carbocycles. The van der Waals surface area contributed by atoms with Crippen LogP contribution >= 0.6 is 23.2 Å². The van der Waals surface area contributed by atoms with Crippen molar-refractivity contribution in [3.8, 4) is 0 Å². The van der Waals surface area contributed by atoms with Crippen molar-refractivity contribution in [2.45, 2.75) is 44.8 Å². The second-order valence-corrected chi connectivity index (χ2v) is 9.58. The number of carbonyl (C=O) groups excluding carboxylic acids is 3. The molecule has 4 amide bonds. The third-order valence-electron chi connectivity index (χ3n) is 6.46. The predicted molar refractivity (Wildman–Crippen MR) is 130 cm³/mol. The van der Waals surface area contributed by atoms with E-state index in [1.807, 2.05) is 0 Å². The summed E-state index contributed by atoms with van der Waals surface area (Å²) in [6.07, 6.45) is 3.04. The molecule has 4 rings (SSSR count). The van der Waals surface area contributed by atoms with E-state index in [2.05, 4.69) is 5.32 Å². The number of rotatable bonds is 7. The predicted octanol–water partition coefficient (Wildman–Crippen LogP) is 4.54.